The fourth-order valence-electron chi connectivity index (χ4n) is 9.18. The average Bonchev–Trinajstić information content (AvgIpc) is 3.04. The molecule has 0 aliphatic heterocycles. The molecule has 4 aliphatic carbocycles. The van der Waals surface area contributed by atoms with E-state index in [1.54, 1.807) is 0 Å². The van der Waals surface area contributed by atoms with E-state index in [9.17, 15) is 5.21 Å². The molecule has 166 valence electrons. The molecule has 1 N–H and O–H groups in total. The van der Waals surface area contributed by atoms with E-state index in [0.717, 1.165) is 60.0 Å². The van der Waals surface area contributed by atoms with Crippen LogP contribution in [0, 0.1) is 52.3 Å². The minimum Gasteiger partial charge on any atom is -0.411 e. The summed E-state index contributed by atoms with van der Waals surface area (Å²) in [7, 11) is 0. The second-order valence-electron chi connectivity index (χ2n) is 12.6. The van der Waals surface area contributed by atoms with Crippen molar-refractivity contribution < 1.29 is 5.21 Å². The van der Waals surface area contributed by atoms with Crippen LogP contribution in [0.15, 0.2) is 5.16 Å². The summed E-state index contributed by atoms with van der Waals surface area (Å²) in [6.45, 7) is 12.6. The molecule has 2 heteroatoms. The first-order valence-electron chi connectivity index (χ1n) is 13.0. The highest BCUT2D eigenvalue weighted by Gasteiger charge is 2.60. The van der Waals surface area contributed by atoms with Crippen molar-refractivity contribution in [3.63, 3.8) is 0 Å². The van der Waals surface area contributed by atoms with E-state index in [1.165, 1.54) is 64.2 Å². The Kier molecular flexibility index (Phi) is 6.13. The molecule has 0 unspecified atom stereocenters. The molecule has 0 spiro atoms. The minimum atomic E-state index is 0.499. The van der Waals surface area contributed by atoms with Crippen LogP contribution >= 0.6 is 0 Å². The van der Waals surface area contributed by atoms with Gasteiger partial charge in [0.05, 0.1) is 5.71 Å². The van der Waals surface area contributed by atoms with E-state index < -0.39 is 0 Å². The lowest BCUT2D eigenvalue weighted by Gasteiger charge is -2.60. The van der Waals surface area contributed by atoms with E-state index in [4.69, 9.17) is 0 Å². The van der Waals surface area contributed by atoms with Crippen LogP contribution in [0.1, 0.15) is 112 Å². The standard InChI is InChI=1S/C27H47NO/c1-18(2)7-6-8-19(3)23-11-12-24-22-10-9-20-17-21(28-29)13-15-26(20,4)25(22)14-16-27(23,24)5/h18-20,22-25,29H,6-17H2,1-5H3/b28-21-/t19-,20-,22-,23+,24-,25-,26-,27+/m0/s1. The molecule has 8 atom stereocenters. The van der Waals surface area contributed by atoms with Gasteiger partial charge in [0.2, 0.25) is 0 Å². The van der Waals surface area contributed by atoms with Gasteiger partial charge in [-0.2, -0.15) is 0 Å². The lowest BCUT2D eigenvalue weighted by molar-refractivity contribution is -0.105. The Morgan fingerprint density at radius 2 is 1.69 bits per heavy atom. The van der Waals surface area contributed by atoms with Crippen molar-refractivity contribution in [1.29, 1.82) is 0 Å². The number of nitrogens with zero attached hydrogens (tertiary/aromatic N) is 1. The van der Waals surface area contributed by atoms with Gasteiger partial charge in [-0.1, -0.05) is 59.0 Å². The predicted octanol–water partition coefficient (Wildman–Crippen LogP) is 7.94. The summed E-state index contributed by atoms with van der Waals surface area (Å²) in [6.07, 6.45) is 16.4. The number of rotatable bonds is 5. The molecular weight excluding hydrogens is 354 g/mol. The highest BCUT2D eigenvalue weighted by atomic mass is 16.4. The van der Waals surface area contributed by atoms with Crippen LogP contribution in [0.3, 0.4) is 0 Å². The van der Waals surface area contributed by atoms with Gasteiger partial charge in [-0.15, -0.1) is 0 Å². The molecule has 0 aromatic carbocycles. The van der Waals surface area contributed by atoms with E-state index >= 15 is 0 Å². The molecule has 0 radical (unpaired) electrons. The fourth-order valence-corrected chi connectivity index (χ4v) is 9.18. The monoisotopic (exact) mass is 401 g/mol. The van der Waals surface area contributed by atoms with Crippen molar-refractivity contribution in [1.82, 2.24) is 0 Å². The third-order valence-corrected chi connectivity index (χ3v) is 10.8. The zero-order valence-electron chi connectivity index (χ0n) is 19.9. The molecule has 4 saturated carbocycles. The minimum absolute atomic E-state index is 0.499. The second-order valence-corrected chi connectivity index (χ2v) is 12.6. The molecule has 4 aliphatic rings. The summed E-state index contributed by atoms with van der Waals surface area (Å²) in [4.78, 5) is 0. The molecular formula is C27H47NO. The summed E-state index contributed by atoms with van der Waals surface area (Å²) in [6, 6.07) is 0. The van der Waals surface area contributed by atoms with Gasteiger partial charge in [0.25, 0.3) is 0 Å². The molecule has 0 aromatic rings. The maximum Gasteiger partial charge on any atom is 0.0574 e. The van der Waals surface area contributed by atoms with Gasteiger partial charge in [-0.3, -0.25) is 0 Å². The molecule has 29 heavy (non-hydrogen) atoms. The zero-order valence-corrected chi connectivity index (χ0v) is 19.9. The van der Waals surface area contributed by atoms with E-state index in [0.29, 0.717) is 10.8 Å². The Labute approximate surface area is 180 Å². The normalized spacial score (nSPS) is 47.0. The van der Waals surface area contributed by atoms with Gasteiger partial charge in [0.15, 0.2) is 0 Å². The first-order chi connectivity index (χ1) is 13.8. The number of fused-ring (bicyclic) bond motifs is 5. The van der Waals surface area contributed by atoms with Crippen molar-refractivity contribution in [2.75, 3.05) is 0 Å². The number of hydrogen-bond acceptors (Lipinski definition) is 2. The highest BCUT2D eigenvalue weighted by Crippen LogP contribution is 2.68. The molecule has 0 bridgehead atoms. The van der Waals surface area contributed by atoms with Gasteiger partial charge in [-0.25, -0.2) is 0 Å². The Balaban J connectivity index is 1.46. The topological polar surface area (TPSA) is 32.6 Å². The number of oxime groups is 1. The van der Waals surface area contributed by atoms with Crippen molar-refractivity contribution in [2.24, 2.45) is 57.4 Å². The average molecular weight is 402 g/mol. The van der Waals surface area contributed by atoms with E-state index in [-0.39, 0.29) is 0 Å². The lowest BCUT2D eigenvalue weighted by atomic mass is 9.44. The Hall–Kier alpha value is -0.530. The van der Waals surface area contributed by atoms with Crippen LogP contribution in [0.2, 0.25) is 0 Å². The van der Waals surface area contributed by atoms with Crippen LogP contribution in [0.25, 0.3) is 0 Å². The zero-order chi connectivity index (χ0) is 20.8. The lowest BCUT2D eigenvalue weighted by Crippen LogP contribution is -2.53. The van der Waals surface area contributed by atoms with Crippen LogP contribution < -0.4 is 0 Å². The van der Waals surface area contributed by atoms with E-state index in [2.05, 4.69) is 39.8 Å². The fraction of sp³-hybridized carbons (Fsp3) is 0.963. The maximum absolute atomic E-state index is 9.32. The van der Waals surface area contributed by atoms with Gasteiger partial charge in [-0.05, 0) is 110 Å². The largest absolute Gasteiger partial charge is 0.411 e. The summed E-state index contributed by atoms with van der Waals surface area (Å²) in [5.41, 5.74) is 2.18. The van der Waals surface area contributed by atoms with Crippen molar-refractivity contribution in [3.8, 4) is 0 Å². The van der Waals surface area contributed by atoms with Gasteiger partial charge >= 0.3 is 0 Å². The quantitative estimate of drug-likeness (QED) is 0.368. The maximum atomic E-state index is 9.32. The summed E-state index contributed by atoms with van der Waals surface area (Å²) >= 11 is 0. The van der Waals surface area contributed by atoms with Crippen LogP contribution in [0.5, 0.6) is 0 Å². The summed E-state index contributed by atoms with van der Waals surface area (Å²) < 4.78 is 0. The summed E-state index contributed by atoms with van der Waals surface area (Å²) in [5.74, 6) is 6.36. The first kappa shape index (κ1) is 21.7. The Morgan fingerprint density at radius 3 is 2.41 bits per heavy atom. The smallest absolute Gasteiger partial charge is 0.0574 e. The van der Waals surface area contributed by atoms with Crippen molar-refractivity contribution in [2.45, 2.75) is 112 Å². The molecule has 2 nitrogen and oxygen atoms in total. The van der Waals surface area contributed by atoms with Gasteiger partial charge in [0, 0.05) is 0 Å². The van der Waals surface area contributed by atoms with Crippen LogP contribution in [-0.4, -0.2) is 10.9 Å². The van der Waals surface area contributed by atoms with Crippen molar-refractivity contribution >= 4 is 5.71 Å². The molecule has 0 heterocycles. The Morgan fingerprint density at radius 1 is 0.931 bits per heavy atom. The summed E-state index contributed by atoms with van der Waals surface area (Å²) in [5, 5.41) is 12.9. The predicted molar refractivity (Wildman–Crippen MR) is 122 cm³/mol. The molecule has 0 amide bonds. The molecule has 0 aromatic heterocycles. The van der Waals surface area contributed by atoms with E-state index in [1.807, 2.05) is 0 Å². The third kappa shape index (κ3) is 3.69. The highest BCUT2D eigenvalue weighted by molar-refractivity contribution is 5.85. The van der Waals surface area contributed by atoms with Crippen LogP contribution in [-0.2, 0) is 0 Å². The SMILES string of the molecule is CC(C)CCC[C@H](C)[C@H]1CC[C@H]2[C@@H]3CC[C@H]4C/C(=N\O)CC[C@]4(C)[C@H]3CC[C@]12C. The van der Waals surface area contributed by atoms with Gasteiger partial charge < -0.3 is 5.21 Å². The first-order valence-corrected chi connectivity index (χ1v) is 13.0. The van der Waals surface area contributed by atoms with Crippen molar-refractivity contribution in [3.05, 3.63) is 0 Å². The third-order valence-electron chi connectivity index (χ3n) is 10.8. The molecule has 4 fully saturated rings. The molecule has 4 rings (SSSR count). The second kappa shape index (κ2) is 8.19. The Bertz CT molecular complexity index is 612. The molecule has 0 saturated heterocycles. The van der Waals surface area contributed by atoms with Crippen LogP contribution in [0.4, 0.5) is 0 Å². The van der Waals surface area contributed by atoms with Gasteiger partial charge in [0.1, 0.15) is 0 Å². The number of hydrogen-bond donors (Lipinski definition) is 1.